The van der Waals surface area contributed by atoms with Crippen LogP contribution in [0.1, 0.15) is 66.6 Å². The third-order valence-corrected chi connectivity index (χ3v) is 9.42. The lowest BCUT2D eigenvalue weighted by Crippen LogP contribution is -2.47. The third kappa shape index (κ3) is 8.29. The van der Waals surface area contributed by atoms with Gasteiger partial charge in [0.1, 0.15) is 5.82 Å². The molecule has 45 heavy (non-hydrogen) atoms. The lowest BCUT2D eigenvalue weighted by atomic mass is 9.92. The Hall–Kier alpha value is -3.33. The van der Waals surface area contributed by atoms with Crippen LogP contribution >= 0.6 is 23.2 Å². The van der Waals surface area contributed by atoms with Gasteiger partial charge < -0.3 is 9.88 Å². The molecule has 0 radical (unpaired) electrons. The van der Waals surface area contributed by atoms with E-state index in [0.717, 1.165) is 61.4 Å². The predicted molar refractivity (Wildman–Crippen MR) is 173 cm³/mol. The summed E-state index contributed by atoms with van der Waals surface area (Å²) in [4.78, 5) is 26.2. The van der Waals surface area contributed by atoms with Crippen molar-refractivity contribution in [3.8, 4) is 11.4 Å². The summed E-state index contributed by atoms with van der Waals surface area (Å²) in [5.74, 6) is 0.810. The number of nitrogens with zero attached hydrogens (tertiary/aromatic N) is 3. The molecule has 1 fully saturated rings. The van der Waals surface area contributed by atoms with Crippen molar-refractivity contribution in [1.82, 2.24) is 19.8 Å². The summed E-state index contributed by atoms with van der Waals surface area (Å²) in [6, 6.07) is 20.8. The van der Waals surface area contributed by atoms with Crippen molar-refractivity contribution in [1.29, 1.82) is 0 Å². The van der Waals surface area contributed by atoms with Crippen molar-refractivity contribution in [2.45, 2.75) is 70.8 Å². The molecular weight excluding hydrogens is 620 g/mol. The molecule has 4 aromatic rings. The Morgan fingerprint density at radius 3 is 2.33 bits per heavy atom. The summed E-state index contributed by atoms with van der Waals surface area (Å²) in [6.07, 6.45) is -1.46. The van der Waals surface area contributed by atoms with Crippen LogP contribution in [0.4, 0.5) is 13.2 Å². The van der Waals surface area contributed by atoms with Gasteiger partial charge in [-0.25, -0.2) is 4.98 Å². The Bertz CT molecular complexity index is 1580. The average Bonchev–Trinajstić information content (AvgIpc) is 3.40. The van der Waals surface area contributed by atoms with E-state index in [1.54, 1.807) is 6.07 Å². The molecule has 1 aliphatic heterocycles. The standard InChI is InChI=1S/C35H37Cl2F3N4O/c1-3-25(26-7-5-4-6-8-26)20-33(45)44(21-24-9-14-30(36)31(37)19-24)29-15-17-43(18-16-29)22-32-23(2)41-34(42-32)27-10-12-28(13-11-27)35(38,39)40/h4-14,19,25,29H,3,15-18,20-22H2,1-2H3,(H,41,42). The maximum absolute atomic E-state index is 13.9. The minimum absolute atomic E-state index is 0.0690. The molecule has 1 aliphatic rings. The van der Waals surface area contributed by atoms with Crippen LogP contribution in [0.15, 0.2) is 72.8 Å². The largest absolute Gasteiger partial charge is 0.416 e. The maximum atomic E-state index is 13.9. The Balaban J connectivity index is 1.26. The van der Waals surface area contributed by atoms with E-state index in [1.165, 1.54) is 17.7 Å². The van der Waals surface area contributed by atoms with Crippen LogP contribution in [0.3, 0.4) is 0 Å². The quantitative estimate of drug-likeness (QED) is 0.185. The van der Waals surface area contributed by atoms with E-state index in [2.05, 4.69) is 28.9 Å². The molecule has 1 saturated heterocycles. The first-order chi connectivity index (χ1) is 21.5. The number of amides is 1. The Labute approximate surface area is 272 Å². The Kier molecular flexibility index (Phi) is 10.6. The molecule has 0 spiro atoms. The number of benzene rings is 3. The minimum atomic E-state index is -4.38. The van der Waals surface area contributed by atoms with Gasteiger partial charge in [0.2, 0.25) is 5.91 Å². The molecule has 1 aromatic heterocycles. The number of halogens is 5. The van der Waals surface area contributed by atoms with Crippen molar-refractivity contribution >= 4 is 29.1 Å². The number of likely N-dealkylation sites (tertiary alicyclic amines) is 1. The number of hydrogen-bond donors (Lipinski definition) is 1. The highest BCUT2D eigenvalue weighted by atomic mass is 35.5. The van der Waals surface area contributed by atoms with Crippen LogP contribution in [0.2, 0.25) is 10.0 Å². The second-order valence-corrected chi connectivity index (χ2v) is 12.5. The highest BCUT2D eigenvalue weighted by Crippen LogP contribution is 2.32. The number of imidazole rings is 1. The number of carbonyl (C=O) groups excluding carboxylic acids is 1. The Morgan fingerprint density at radius 2 is 1.71 bits per heavy atom. The van der Waals surface area contributed by atoms with Gasteiger partial charge in [-0.2, -0.15) is 13.2 Å². The predicted octanol–water partition coefficient (Wildman–Crippen LogP) is 9.29. The van der Waals surface area contributed by atoms with Gasteiger partial charge >= 0.3 is 6.18 Å². The summed E-state index contributed by atoms with van der Waals surface area (Å²) < 4.78 is 39.0. The van der Waals surface area contributed by atoms with Crippen LogP contribution in [0.25, 0.3) is 11.4 Å². The maximum Gasteiger partial charge on any atom is 0.416 e. The van der Waals surface area contributed by atoms with E-state index < -0.39 is 11.7 Å². The second kappa shape index (κ2) is 14.4. The van der Waals surface area contributed by atoms with Crippen LogP contribution in [-0.2, 0) is 24.1 Å². The van der Waals surface area contributed by atoms with Crippen molar-refractivity contribution in [2.75, 3.05) is 13.1 Å². The monoisotopic (exact) mass is 656 g/mol. The van der Waals surface area contributed by atoms with Crippen molar-refractivity contribution in [2.24, 2.45) is 0 Å². The molecule has 5 rings (SSSR count). The molecule has 1 N–H and O–H groups in total. The first kappa shape index (κ1) is 33.0. The van der Waals surface area contributed by atoms with Crippen LogP contribution in [0.5, 0.6) is 0 Å². The lowest BCUT2D eigenvalue weighted by Gasteiger charge is -2.39. The summed E-state index contributed by atoms with van der Waals surface area (Å²) in [6.45, 7) is 6.69. The molecule has 0 bridgehead atoms. The molecule has 1 atom stereocenters. The number of aromatic amines is 1. The Morgan fingerprint density at radius 1 is 1.02 bits per heavy atom. The molecule has 1 unspecified atom stereocenters. The van der Waals surface area contributed by atoms with Crippen molar-refractivity contribution < 1.29 is 18.0 Å². The van der Waals surface area contributed by atoms with E-state index >= 15 is 0 Å². The molecule has 1 amide bonds. The van der Waals surface area contributed by atoms with Gasteiger partial charge in [0, 0.05) is 49.9 Å². The van der Waals surface area contributed by atoms with Crippen LogP contribution in [0, 0.1) is 6.92 Å². The normalized spacial score (nSPS) is 15.3. The number of hydrogen-bond acceptors (Lipinski definition) is 3. The van der Waals surface area contributed by atoms with Crippen molar-refractivity contribution in [3.63, 3.8) is 0 Å². The zero-order valence-corrected chi connectivity index (χ0v) is 26.9. The number of H-pyrrole nitrogens is 1. The van der Waals surface area contributed by atoms with Crippen LogP contribution in [-0.4, -0.2) is 44.8 Å². The smallest absolute Gasteiger partial charge is 0.342 e. The van der Waals surface area contributed by atoms with E-state index in [4.69, 9.17) is 28.2 Å². The first-order valence-corrected chi connectivity index (χ1v) is 16.0. The minimum Gasteiger partial charge on any atom is -0.342 e. The number of alkyl halides is 3. The number of rotatable bonds is 10. The summed E-state index contributed by atoms with van der Waals surface area (Å²) >= 11 is 12.5. The average molecular weight is 658 g/mol. The first-order valence-electron chi connectivity index (χ1n) is 15.3. The number of aromatic nitrogens is 2. The topological polar surface area (TPSA) is 52.2 Å². The number of carbonyl (C=O) groups is 1. The molecule has 2 heterocycles. The fourth-order valence-corrected chi connectivity index (χ4v) is 6.33. The summed E-state index contributed by atoms with van der Waals surface area (Å²) in [7, 11) is 0. The van der Waals surface area contributed by atoms with E-state index in [9.17, 15) is 18.0 Å². The number of nitrogens with one attached hydrogen (secondary N) is 1. The van der Waals surface area contributed by atoms with Gasteiger partial charge in [-0.1, -0.05) is 78.7 Å². The van der Waals surface area contributed by atoms with E-state index in [0.29, 0.717) is 40.9 Å². The van der Waals surface area contributed by atoms with Gasteiger partial charge in [-0.3, -0.25) is 9.69 Å². The van der Waals surface area contributed by atoms with Crippen molar-refractivity contribution in [3.05, 3.63) is 111 Å². The van der Waals surface area contributed by atoms with Gasteiger partial charge in [-0.05, 0) is 67.5 Å². The van der Waals surface area contributed by atoms with Gasteiger partial charge in [0.15, 0.2) is 0 Å². The SMILES string of the molecule is CCC(CC(=O)N(Cc1ccc(Cl)c(Cl)c1)C1CCN(Cc2nc(-c3ccc(C(F)(F)F)cc3)[nH]c2C)CC1)c1ccccc1. The second-order valence-electron chi connectivity index (χ2n) is 11.7. The molecule has 0 saturated carbocycles. The molecule has 238 valence electrons. The van der Waals surface area contributed by atoms with Crippen LogP contribution < -0.4 is 0 Å². The summed E-state index contributed by atoms with van der Waals surface area (Å²) in [5, 5.41) is 0.953. The number of aryl methyl sites for hydroxylation is 1. The zero-order valence-electron chi connectivity index (χ0n) is 25.4. The lowest BCUT2D eigenvalue weighted by molar-refractivity contribution is -0.137. The van der Waals surface area contributed by atoms with E-state index in [-0.39, 0.29) is 17.9 Å². The highest BCUT2D eigenvalue weighted by Gasteiger charge is 2.31. The fraction of sp³-hybridized carbons (Fsp3) is 0.371. The van der Waals surface area contributed by atoms with E-state index in [1.807, 2.05) is 42.2 Å². The molecular formula is C35H37Cl2F3N4O. The molecule has 10 heteroatoms. The third-order valence-electron chi connectivity index (χ3n) is 8.68. The van der Waals surface area contributed by atoms with Gasteiger partial charge in [0.25, 0.3) is 0 Å². The molecule has 5 nitrogen and oxygen atoms in total. The highest BCUT2D eigenvalue weighted by molar-refractivity contribution is 6.42. The zero-order chi connectivity index (χ0) is 32.1. The van der Waals surface area contributed by atoms with Gasteiger partial charge in [0.05, 0.1) is 21.3 Å². The summed E-state index contributed by atoms with van der Waals surface area (Å²) in [5.41, 5.74) is 3.78. The number of piperidine rings is 1. The fourth-order valence-electron chi connectivity index (χ4n) is 6.01. The molecule has 0 aliphatic carbocycles. The van der Waals surface area contributed by atoms with Gasteiger partial charge in [-0.15, -0.1) is 0 Å². The molecule has 3 aromatic carbocycles.